The van der Waals surface area contributed by atoms with E-state index >= 15 is 0 Å². The first-order valence-corrected chi connectivity index (χ1v) is 5.02. The zero-order valence-electron chi connectivity index (χ0n) is 8.62. The lowest BCUT2D eigenvalue weighted by molar-refractivity contribution is 0.843. The number of benzene rings is 1. The van der Waals surface area contributed by atoms with Crippen molar-refractivity contribution in [3.63, 3.8) is 0 Å². The molecule has 0 aliphatic carbocycles. The van der Waals surface area contributed by atoms with E-state index in [9.17, 15) is 0 Å². The Hall–Kier alpha value is -1.44. The molecule has 0 saturated heterocycles. The first-order chi connectivity index (χ1) is 6.81. The summed E-state index contributed by atoms with van der Waals surface area (Å²) in [5.74, 6) is 0.953. The number of para-hydroxylation sites is 1. The van der Waals surface area contributed by atoms with Gasteiger partial charge in [-0.05, 0) is 18.9 Å². The Morgan fingerprint density at radius 2 is 2.14 bits per heavy atom. The van der Waals surface area contributed by atoms with Crippen molar-refractivity contribution in [2.45, 2.75) is 26.7 Å². The maximum atomic E-state index is 4.55. The predicted molar refractivity (Wildman–Crippen MR) is 58.3 cm³/mol. The molecule has 0 amide bonds. The highest BCUT2D eigenvalue weighted by atomic mass is 14.9. The van der Waals surface area contributed by atoms with Crippen LogP contribution in [-0.4, -0.2) is 9.97 Å². The first kappa shape index (κ1) is 9.13. The fraction of sp³-hybridized carbons (Fsp3) is 0.333. The molecule has 2 heteroatoms. The van der Waals surface area contributed by atoms with Gasteiger partial charge in [-0.25, -0.2) is 9.97 Å². The minimum absolute atomic E-state index is 0.953. The van der Waals surface area contributed by atoms with Gasteiger partial charge in [-0.3, -0.25) is 0 Å². The maximum absolute atomic E-state index is 4.55. The monoisotopic (exact) mass is 186 g/mol. The van der Waals surface area contributed by atoms with Crippen molar-refractivity contribution in [3.8, 4) is 0 Å². The molecule has 0 N–H and O–H groups in total. The summed E-state index contributed by atoms with van der Waals surface area (Å²) in [6.07, 6.45) is 3.97. The van der Waals surface area contributed by atoms with Crippen LogP contribution in [0.15, 0.2) is 24.4 Å². The number of rotatable bonds is 2. The zero-order valence-corrected chi connectivity index (χ0v) is 8.62. The van der Waals surface area contributed by atoms with E-state index in [4.69, 9.17) is 0 Å². The average Bonchev–Trinajstić information content (AvgIpc) is 2.20. The van der Waals surface area contributed by atoms with Gasteiger partial charge in [0.2, 0.25) is 0 Å². The molecule has 0 unspecified atom stereocenters. The standard InChI is InChI=1S/C12H14N2/c1-3-5-11-13-8-10-7-4-6-9(2)12(10)14-11/h4,6-8H,3,5H2,1-2H3. The SMILES string of the molecule is CCCc1ncc2cccc(C)c2n1. The molecule has 0 aliphatic heterocycles. The summed E-state index contributed by atoms with van der Waals surface area (Å²) < 4.78 is 0. The molecule has 2 rings (SSSR count). The van der Waals surface area contributed by atoms with E-state index in [0.29, 0.717) is 0 Å². The number of aryl methyl sites for hydroxylation is 2. The Morgan fingerprint density at radius 1 is 1.29 bits per heavy atom. The van der Waals surface area contributed by atoms with Gasteiger partial charge in [0.1, 0.15) is 5.82 Å². The van der Waals surface area contributed by atoms with Crippen LogP contribution in [0.3, 0.4) is 0 Å². The van der Waals surface area contributed by atoms with Crippen molar-refractivity contribution in [1.29, 1.82) is 0 Å². The van der Waals surface area contributed by atoms with E-state index in [-0.39, 0.29) is 0 Å². The molecule has 0 saturated carbocycles. The molecule has 2 aromatic rings. The lowest BCUT2D eigenvalue weighted by Gasteiger charge is -2.02. The molecule has 14 heavy (non-hydrogen) atoms. The summed E-state index contributed by atoms with van der Waals surface area (Å²) >= 11 is 0. The minimum Gasteiger partial charge on any atom is -0.241 e. The summed E-state index contributed by atoms with van der Waals surface area (Å²) in [5.41, 5.74) is 2.31. The first-order valence-electron chi connectivity index (χ1n) is 5.02. The van der Waals surface area contributed by atoms with Gasteiger partial charge in [-0.2, -0.15) is 0 Å². The van der Waals surface area contributed by atoms with Crippen molar-refractivity contribution in [2.24, 2.45) is 0 Å². The van der Waals surface area contributed by atoms with E-state index in [0.717, 1.165) is 29.6 Å². The summed E-state index contributed by atoms with van der Waals surface area (Å²) in [6.45, 7) is 4.23. The molecule has 0 radical (unpaired) electrons. The number of hydrogen-bond acceptors (Lipinski definition) is 2. The van der Waals surface area contributed by atoms with Crippen LogP contribution in [0.2, 0.25) is 0 Å². The molecule has 1 aromatic heterocycles. The van der Waals surface area contributed by atoms with Crippen LogP contribution < -0.4 is 0 Å². The summed E-state index contributed by atoms with van der Waals surface area (Å²) in [6, 6.07) is 6.18. The Labute approximate surface area is 84.0 Å². The highest BCUT2D eigenvalue weighted by molar-refractivity contribution is 5.80. The van der Waals surface area contributed by atoms with Gasteiger partial charge in [0.15, 0.2) is 0 Å². The Kier molecular flexibility index (Phi) is 2.44. The molecule has 1 aromatic carbocycles. The van der Waals surface area contributed by atoms with E-state index < -0.39 is 0 Å². The fourth-order valence-corrected chi connectivity index (χ4v) is 1.58. The molecular weight excluding hydrogens is 172 g/mol. The Balaban J connectivity index is 2.58. The smallest absolute Gasteiger partial charge is 0.128 e. The van der Waals surface area contributed by atoms with Crippen LogP contribution in [0.4, 0.5) is 0 Å². The number of hydrogen-bond donors (Lipinski definition) is 0. The van der Waals surface area contributed by atoms with Crippen molar-refractivity contribution in [1.82, 2.24) is 9.97 Å². The number of aromatic nitrogens is 2. The van der Waals surface area contributed by atoms with Crippen LogP contribution in [0, 0.1) is 6.92 Å². The third kappa shape index (κ3) is 1.60. The molecule has 0 atom stereocenters. The van der Waals surface area contributed by atoms with Crippen LogP contribution >= 0.6 is 0 Å². The summed E-state index contributed by atoms with van der Waals surface area (Å²) in [5, 5.41) is 1.13. The van der Waals surface area contributed by atoms with E-state index in [1.165, 1.54) is 5.56 Å². The van der Waals surface area contributed by atoms with Gasteiger partial charge in [-0.15, -0.1) is 0 Å². The van der Waals surface area contributed by atoms with E-state index in [1.807, 2.05) is 12.3 Å². The molecule has 0 bridgehead atoms. The molecule has 0 fully saturated rings. The highest BCUT2D eigenvalue weighted by Gasteiger charge is 2.00. The van der Waals surface area contributed by atoms with Gasteiger partial charge >= 0.3 is 0 Å². The van der Waals surface area contributed by atoms with Crippen molar-refractivity contribution >= 4 is 10.9 Å². The topological polar surface area (TPSA) is 25.8 Å². The van der Waals surface area contributed by atoms with Crippen LogP contribution in [-0.2, 0) is 6.42 Å². The van der Waals surface area contributed by atoms with Crippen LogP contribution in [0.25, 0.3) is 10.9 Å². The van der Waals surface area contributed by atoms with Gasteiger partial charge in [0, 0.05) is 18.0 Å². The number of nitrogens with zero attached hydrogens (tertiary/aromatic N) is 2. The molecule has 0 aliphatic rings. The molecule has 0 spiro atoms. The third-order valence-corrected chi connectivity index (χ3v) is 2.34. The Bertz CT molecular complexity index is 449. The van der Waals surface area contributed by atoms with Crippen LogP contribution in [0.5, 0.6) is 0 Å². The minimum atomic E-state index is 0.953. The zero-order chi connectivity index (χ0) is 9.97. The van der Waals surface area contributed by atoms with E-state index in [1.54, 1.807) is 0 Å². The second-order valence-electron chi connectivity index (χ2n) is 3.55. The second kappa shape index (κ2) is 3.74. The van der Waals surface area contributed by atoms with Crippen molar-refractivity contribution < 1.29 is 0 Å². The Morgan fingerprint density at radius 3 is 2.93 bits per heavy atom. The molecule has 1 heterocycles. The molecule has 2 nitrogen and oxygen atoms in total. The van der Waals surface area contributed by atoms with Gasteiger partial charge in [0.05, 0.1) is 5.52 Å². The fourth-order valence-electron chi connectivity index (χ4n) is 1.58. The van der Waals surface area contributed by atoms with Gasteiger partial charge < -0.3 is 0 Å². The lowest BCUT2D eigenvalue weighted by Crippen LogP contribution is -1.95. The van der Waals surface area contributed by atoms with Gasteiger partial charge in [-0.1, -0.05) is 25.1 Å². The van der Waals surface area contributed by atoms with E-state index in [2.05, 4.69) is 35.9 Å². The van der Waals surface area contributed by atoms with Crippen molar-refractivity contribution in [3.05, 3.63) is 35.8 Å². The van der Waals surface area contributed by atoms with Crippen molar-refractivity contribution in [2.75, 3.05) is 0 Å². The molecular formula is C12H14N2. The highest BCUT2D eigenvalue weighted by Crippen LogP contribution is 2.15. The second-order valence-corrected chi connectivity index (χ2v) is 3.55. The summed E-state index contributed by atoms with van der Waals surface area (Å²) in [4.78, 5) is 8.88. The predicted octanol–water partition coefficient (Wildman–Crippen LogP) is 2.89. The lowest BCUT2D eigenvalue weighted by atomic mass is 10.1. The quantitative estimate of drug-likeness (QED) is 0.720. The van der Waals surface area contributed by atoms with Gasteiger partial charge in [0.25, 0.3) is 0 Å². The maximum Gasteiger partial charge on any atom is 0.128 e. The molecule has 72 valence electrons. The largest absolute Gasteiger partial charge is 0.241 e. The number of fused-ring (bicyclic) bond motifs is 1. The average molecular weight is 186 g/mol. The normalized spacial score (nSPS) is 10.7. The third-order valence-electron chi connectivity index (χ3n) is 2.34. The van der Waals surface area contributed by atoms with Crippen LogP contribution in [0.1, 0.15) is 24.7 Å². The summed E-state index contributed by atoms with van der Waals surface area (Å²) in [7, 11) is 0.